The molecular weight excluding hydrogens is 353 g/mol. The van der Waals surface area contributed by atoms with Crippen LogP contribution in [-0.4, -0.2) is 33.2 Å². The number of pyridine rings is 1. The monoisotopic (exact) mass is 369 g/mol. The molecule has 6 nitrogen and oxygen atoms in total. The zero-order valence-corrected chi connectivity index (χ0v) is 14.8. The summed E-state index contributed by atoms with van der Waals surface area (Å²) < 4.78 is 20.2. The van der Waals surface area contributed by atoms with E-state index in [1.54, 1.807) is 29.0 Å². The second-order valence-corrected chi connectivity index (χ2v) is 6.60. The minimum absolute atomic E-state index is 0.262. The van der Waals surface area contributed by atoms with Crippen molar-refractivity contribution < 1.29 is 9.13 Å². The summed E-state index contributed by atoms with van der Waals surface area (Å²) in [6.07, 6.45) is 6.14. The molecule has 0 aliphatic rings. The van der Waals surface area contributed by atoms with Gasteiger partial charge in [-0.1, -0.05) is 17.4 Å². The maximum atomic E-state index is 13.4. The molecule has 1 N–H and O–H groups in total. The van der Waals surface area contributed by atoms with E-state index in [4.69, 9.17) is 4.74 Å². The van der Waals surface area contributed by atoms with Crippen LogP contribution in [0, 0.1) is 5.82 Å². The third-order valence-electron chi connectivity index (χ3n) is 3.91. The summed E-state index contributed by atoms with van der Waals surface area (Å²) in [5.74, 6) is -0.0899. The van der Waals surface area contributed by atoms with Crippen LogP contribution >= 0.6 is 11.3 Å². The molecule has 4 rings (SSSR count). The third kappa shape index (κ3) is 3.36. The number of methoxy groups -OCH3 is 1. The first-order valence-corrected chi connectivity index (χ1v) is 8.87. The quantitative estimate of drug-likeness (QED) is 0.562. The molecule has 0 aliphatic carbocycles. The van der Waals surface area contributed by atoms with Gasteiger partial charge in [0.1, 0.15) is 0 Å². The number of aromatic nitrogens is 4. The molecule has 0 fully saturated rings. The van der Waals surface area contributed by atoms with E-state index in [9.17, 15) is 4.39 Å². The average molecular weight is 369 g/mol. The number of benzene rings is 1. The van der Waals surface area contributed by atoms with Crippen LogP contribution in [-0.2, 0) is 6.42 Å². The minimum atomic E-state index is -0.352. The molecule has 3 heterocycles. The number of rotatable bonds is 6. The molecule has 0 spiro atoms. The molecule has 0 aliphatic heterocycles. The van der Waals surface area contributed by atoms with E-state index in [1.807, 2.05) is 18.3 Å². The van der Waals surface area contributed by atoms with Crippen LogP contribution in [0.2, 0.25) is 0 Å². The normalized spacial score (nSPS) is 11.0. The van der Waals surface area contributed by atoms with Crippen molar-refractivity contribution in [2.75, 3.05) is 19.0 Å². The van der Waals surface area contributed by atoms with Gasteiger partial charge in [0.05, 0.1) is 19.0 Å². The van der Waals surface area contributed by atoms with Gasteiger partial charge in [-0.3, -0.25) is 4.98 Å². The fourth-order valence-corrected chi connectivity index (χ4v) is 3.41. The summed E-state index contributed by atoms with van der Waals surface area (Å²) in [4.78, 5) is 9.51. The number of hydrogen-bond acceptors (Lipinski definition) is 6. The van der Waals surface area contributed by atoms with E-state index in [-0.39, 0.29) is 11.6 Å². The Hall–Kier alpha value is -3.00. The summed E-state index contributed by atoms with van der Waals surface area (Å²) in [7, 11) is 1.46. The molecule has 132 valence electrons. The van der Waals surface area contributed by atoms with Crippen molar-refractivity contribution >= 4 is 21.4 Å². The molecule has 0 radical (unpaired) electrons. The number of imidazole rings is 1. The van der Waals surface area contributed by atoms with Gasteiger partial charge in [0, 0.05) is 24.5 Å². The molecule has 0 atom stereocenters. The van der Waals surface area contributed by atoms with Crippen LogP contribution < -0.4 is 10.1 Å². The Morgan fingerprint density at radius 2 is 2.23 bits per heavy atom. The summed E-state index contributed by atoms with van der Waals surface area (Å²) in [6.45, 7) is 0.681. The van der Waals surface area contributed by atoms with Gasteiger partial charge in [0.2, 0.25) is 10.1 Å². The van der Waals surface area contributed by atoms with Crippen molar-refractivity contribution in [2.45, 2.75) is 6.42 Å². The maximum absolute atomic E-state index is 13.4. The standard InChI is InChI=1S/C18H16FN5OS/c1-25-16-9-12(4-5-14(16)19)6-8-21-17-23-24-11-15(22-18(24)26-17)13-3-2-7-20-10-13/h2-5,7,9-11H,6,8H2,1H3,(H,21,23). The largest absolute Gasteiger partial charge is 0.494 e. The van der Waals surface area contributed by atoms with Crippen molar-refractivity contribution in [1.29, 1.82) is 0 Å². The Bertz CT molecular complexity index is 999. The highest BCUT2D eigenvalue weighted by molar-refractivity contribution is 7.20. The SMILES string of the molecule is COc1cc(CCNc2nn3cc(-c4cccnc4)nc3s2)ccc1F. The van der Waals surface area contributed by atoms with Gasteiger partial charge in [0.25, 0.3) is 0 Å². The summed E-state index contributed by atoms with van der Waals surface area (Å²) in [5.41, 5.74) is 2.81. The Balaban J connectivity index is 1.41. The maximum Gasteiger partial charge on any atom is 0.214 e. The van der Waals surface area contributed by atoms with Crippen molar-refractivity contribution in [2.24, 2.45) is 0 Å². The highest BCUT2D eigenvalue weighted by Crippen LogP contribution is 2.24. The van der Waals surface area contributed by atoms with E-state index < -0.39 is 0 Å². The lowest BCUT2D eigenvalue weighted by Crippen LogP contribution is -2.05. The predicted octanol–water partition coefficient (Wildman–Crippen LogP) is 3.66. The van der Waals surface area contributed by atoms with Gasteiger partial charge < -0.3 is 10.1 Å². The Morgan fingerprint density at radius 3 is 3.00 bits per heavy atom. The van der Waals surface area contributed by atoms with Crippen molar-refractivity contribution in [3.63, 3.8) is 0 Å². The highest BCUT2D eigenvalue weighted by Gasteiger charge is 2.10. The number of nitrogens with one attached hydrogen (secondary N) is 1. The highest BCUT2D eigenvalue weighted by atomic mass is 32.1. The second-order valence-electron chi connectivity index (χ2n) is 5.65. The van der Waals surface area contributed by atoms with Crippen LogP contribution in [0.5, 0.6) is 5.75 Å². The number of hydrogen-bond donors (Lipinski definition) is 1. The number of halogens is 1. The van der Waals surface area contributed by atoms with Gasteiger partial charge in [-0.05, 0) is 36.2 Å². The first-order valence-electron chi connectivity index (χ1n) is 8.06. The van der Waals surface area contributed by atoms with E-state index in [2.05, 4.69) is 20.4 Å². The molecular formula is C18H16FN5OS. The zero-order valence-electron chi connectivity index (χ0n) is 14.0. The van der Waals surface area contributed by atoms with Gasteiger partial charge >= 0.3 is 0 Å². The predicted molar refractivity (Wildman–Crippen MR) is 99.2 cm³/mol. The summed E-state index contributed by atoms with van der Waals surface area (Å²) in [6, 6.07) is 8.75. The topological polar surface area (TPSA) is 64.3 Å². The van der Waals surface area contributed by atoms with Crippen molar-refractivity contribution in [3.05, 3.63) is 60.3 Å². The van der Waals surface area contributed by atoms with Crippen LogP contribution in [0.1, 0.15) is 5.56 Å². The smallest absolute Gasteiger partial charge is 0.214 e. The first-order chi connectivity index (χ1) is 12.7. The lowest BCUT2D eigenvalue weighted by atomic mass is 10.1. The molecule has 8 heteroatoms. The van der Waals surface area contributed by atoms with Crippen molar-refractivity contribution in [3.8, 4) is 17.0 Å². The molecule has 3 aromatic heterocycles. The van der Waals surface area contributed by atoms with Gasteiger partial charge in [-0.25, -0.2) is 13.9 Å². The molecule has 26 heavy (non-hydrogen) atoms. The molecule has 0 amide bonds. The lowest BCUT2D eigenvalue weighted by molar-refractivity contribution is 0.386. The van der Waals surface area contributed by atoms with E-state index in [0.29, 0.717) is 6.54 Å². The number of anilines is 1. The molecule has 0 bridgehead atoms. The van der Waals surface area contributed by atoms with Crippen LogP contribution in [0.4, 0.5) is 9.52 Å². The van der Waals surface area contributed by atoms with Crippen LogP contribution in [0.3, 0.4) is 0 Å². The number of nitrogens with zero attached hydrogens (tertiary/aromatic N) is 4. The van der Waals surface area contributed by atoms with E-state index in [0.717, 1.165) is 33.3 Å². The first kappa shape index (κ1) is 16.5. The summed E-state index contributed by atoms with van der Waals surface area (Å²) in [5, 5.41) is 8.57. The Labute approximate surface area is 153 Å². The van der Waals surface area contributed by atoms with Gasteiger partial charge in [0.15, 0.2) is 11.6 Å². The number of fused-ring (bicyclic) bond motifs is 1. The molecule has 4 aromatic rings. The molecule has 0 unspecified atom stereocenters. The van der Waals surface area contributed by atoms with Crippen LogP contribution in [0.15, 0.2) is 48.9 Å². The molecule has 1 aromatic carbocycles. The van der Waals surface area contributed by atoms with E-state index in [1.165, 1.54) is 24.5 Å². The summed E-state index contributed by atoms with van der Waals surface area (Å²) >= 11 is 1.48. The van der Waals surface area contributed by atoms with Crippen molar-refractivity contribution in [1.82, 2.24) is 19.6 Å². The molecule has 0 saturated carbocycles. The third-order valence-corrected chi connectivity index (χ3v) is 4.79. The Morgan fingerprint density at radius 1 is 1.31 bits per heavy atom. The van der Waals surface area contributed by atoms with Gasteiger partial charge in [-0.2, -0.15) is 0 Å². The van der Waals surface area contributed by atoms with Gasteiger partial charge in [-0.15, -0.1) is 5.10 Å². The lowest BCUT2D eigenvalue weighted by Gasteiger charge is -2.06. The number of ether oxygens (including phenoxy) is 1. The van der Waals surface area contributed by atoms with Crippen LogP contribution in [0.25, 0.3) is 16.2 Å². The molecule has 0 saturated heterocycles. The fraction of sp³-hybridized carbons (Fsp3) is 0.167. The second kappa shape index (κ2) is 7.09. The fourth-order valence-electron chi connectivity index (χ4n) is 2.60. The zero-order chi connectivity index (χ0) is 17.9. The minimum Gasteiger partial charge on any atom is -0.494 e. The average Bonchev–Trinajstić information content (AvgIpc) is 3.22. The Kier molecular flexibility index (Phi) is 4.49. The van der Waals surface area contributed by atoms with E-state index >= 15 is 0 Å².